The molecule has 0 aliphatic carbocycles. The van der Waals surface area contributed by atoms with Gasteiger partial charge in [0.1, 0.15) is 4.60 Å². The molecule has 0 atom stereocenters. The van der Waals surface area contributed by atoms with Crippen LogP contribution in [0.15, 0.2) is 187 Å². The summed E-state index contributed by atoms with van der Waals surface area (Å²) in [6.07, 6.45) is 11.3. The lowest BCUT2D eigenvalue weighted by molar-refractivity contribution is 0.00578. The Morgan fingerprint density at radius 3 is 0.864 bits per heavy atom. The fourth-order valence-corrected chi connectivity index (χ4v) is 11.0. The van der Waals surface area contributed by atoms with Gasteiger partial charge in [-0.1, -0.05) is 117 Å². The quantitative estimate of drug-likeness (QED) is 0.0907. The number of rotatable bonds is 6. The van der Waals surface area contributed by atoms with Gasteiger partial charge in [0, 0.05) is 48.3 Å². The molecule has 0 amide bonds. The molecule has 10 aromatic rings. The molecule has 0 unspecified atom stereocenters. The molecule has 0 spiro atoms. The highest BCUT2D eigenvalue weighted by Gasteiger charge is 2.64. The van der Waals surface area contributed by atoms with Crippen LogP contribution >= 0.6 is 15.9 Å². The molecule has 3 aliphatic heterocycles. The maximum absolute atomic E-state index is 6.21. The number of aromatic nitrogens is 4. The Kier molecular flexibility index (Phi) is 15.6. The normalized spacial score (nSPS) is 18.1. The van der Waals surface area contributed by atoms with Crippen LogP contribution in [0.2, 0.25) is 0 Å². The molecule has 14 heteroatoms. The molecule has 81 heavy (non-hydrogen) atoms. The Bertz CT molecular complexity index is 3710. The molecule has 0 N–H and O–H groups in total. The lowest BCUT2D eigenvalue weighted by Crippen LogP contribution is -2.41. The first-order valence-electron chi connectivity index (χ1n) is 27.4. The molecule has 10 nitrogen and oxygen atoms in total. The Labute approximate surface area is 486 Å². The van der Waals surface area contributed by atoms with Crippen LogP contribution in [0, 0.1) is 0 Å². The average Bonchev–Trinajstić information content (AvgIpc) is 3.36. The minimum atomic E-state index is -0.476. The number of fused-ring (bicyclic) bond motifs is 4. The molecule has 0 bridgehead atoms. The van der Waals surface area contributed by atoms with Gasteiger partial charge in [-0.25, -0.2) is 4.98 Å². The van der Waals surface area contributed by atoms with E-state index in [1.54, 1.807) is 0 Å². The summed E-state index contributed by atoms with van der Waals surface area (Å²) < 4.78 is 37.1. The zero-order chi connectivity index (χ0) is 56.4. The highest BCUT2D eigenvalue weighted by atomic mass is 79.9. The molecule has 3 saturated heterocycles. The van der Waals surface area contributed by atoms with E-state index in [0.29, 0.717) is 0 Å². The van der Waals surface area contributed by atoms with Gasteiger partial charge in [0.25, 0.3) is 0 Å². The number of pyridine rings is 4. The summed E-state index contributed by atoms with van der Waals surface area (Å²) in [6, 6.07) is 51.0. The van der Waals surface area contributed by atoms with Crippen LogP contribution < -0.4 is 5.59 Å². The van der Waals surface area contributed by atoms with Crippen molar-refractivity contribution in [2.24, 2.45) is 0 Å². The monoisotopic (exact) mass is 1140 g/mol. The van der Waals surface area contributed by atoms with Gasteiger partial charge in [-0.3, -0.25) is 15.0 Å². The number of halogens is 1. The van der Waals surface area contributed by atoms with E-state index in [2.05, 4.69) is 192 Å². The fraction of sp³-hybridized carbons (Fsp3) is 0.284. The predicted molar refractivity (Wildman–Crippen MR) is 338 cm³/mol. The smallest absolute Gasteiger partial charge is 0.405 e. The second-order valence-corrected chi connectivity index (χ2v) is 24.6. The largest absolute Gasteiger partial charge is 0.514 e. The van der Waals surface area contributed by atoms with Crippen LogP contribution in [0.1, 0.15) is 90.5 Å². The van der Waals surface area contributed by atoms with E-state index in [9.17, 15) is 0 Å². The summed E-state index contributed by atoms with van der Waals surface area (Å²) >= 11 is 3.44. The number of hydrogen-bond donors (Lipinski definition) is 0. The van der Waals surface area contributed by atoms with E-state index in [4.69, 9.17) is 32.9 Å². The molecular weight excluding hydrogens is 1070 g/mol. The van der Waals surface area contributed by atoms with Crippen LogP contribution in [-0.2, 0) is 27.9 Å². The van der Waals surface area contributed by atoms with Crippen LogP contribution in [0.3, 0.4) is 0 Å². The van der Waals surface area contributed by atoms with Crippen molar-refractivity contribution >= 4 is 85.7 Å². The first kappa shape index (κ1) is 57.6. The van der Waals surface area contributed by atoms with Gasteiger partial charge in [0.2, 0.25) is 0 Å². The highest BCUT2D eigenvalue weighted by molar-refractivity contribution is 9.10. The van der Waals surface area contributed by atoms with Crippen LogP contribution in [0.4, 0.5) is 0 Å². The Morgan fingerprint density at radius 1 is 0.321 bits per heavy atom. The third-order valence-corrected chi connectivity index (χ3v) is 17.6. The third kappa shape index (κ3) is 10.8. The van der Waals surface area contributed by atoms with Crippen LogP contribution in [-0.4, -0.2) is 74.7 Å². The topological polar surface area (TPSA) is 107 Å². The van der Waals surface area contributed by atoms with E-state index >= 15 is 0 Å². The molecule has 410 valence electrons. The molecule has 4 aromatic heterocycles. The van der Waals surface area contributed by atoms with Gasteiger partial charge in [-0.2, -0.15) is 0 Å². The minimum Gasteiger partial charge on any atom is -0.405 e. The first-order chi connectivity index (χ1) is 38.1. The van der Waals surface area contributed by atoms with Gasteiger partial charge < -0.3 is 27.9 Å². The SMILES string of the molecule is Brc1ccc(-c2c3ccccc3c(-c3ccncc3)c3ccccc23)cn1.C.CC1(C)OB(B2OC(C)(C)C(C)(C)O2)OC1(C)C.CC1(C)OB(c2ccc(-c3c4ccccc4c(-c4ccncc4)c4ccccc34)cn2)OC1(C)C. The Balaban J connectivity index is 0.000000143. The van der Waals surface area contributed by atoms with Crippen molar-refractivity contribution in [3.63, 3.8) is 0 Å². The van der Waals surface area contributed by atoms with Crippen molar-refractivity contribution in [3.05, 3.63) is 187 Å². The van der Waals surface area contributed by atoms with Crippen LogP contribution in [0.25, 0.3) is 87.6 Å². The zero-order valence-corrected chi connectivity index (χ0v) is 49.3. The van der Waals surface area contributed by atoms with Crippen molar-refractivity contribution in [1.82, 2.24) is 19.9 Å². The van der Waals surface area contributed by atoms with E-state index in [-0.39, 0.29) is 29.8 Å². The summed E-state index contributed by atoms with van der Waals surface area (Å²) in [4.78, 5) is 17.7. The van der Waals surface area contributed by atoms with Gasteiger partial charge >= 0.3 is 21.1 Å². The van der Waals surface area contributed by atoms with Crippen molar-refractivity contribution in [3.8, 4) is 44.5 Å². The summed E-state index contributed by atoms with van der Waals surface area (Å²) in [6.45, 7) is 24.4. The highest BCUT2D eigenvalue weighted by Crippen LogP contribution is 2.47. The molecule has 0 saturated carbocycles. The van der Waals surface area contributed by atoms with E-state index in [1.165, 1.54) is 70.9 Å². The predicted octanol–water partition coefficient (Wildman–Crippen LogP) is 16.2. The molecule has 3 aliphatic rings. The molecule has 0 radical (unpaired) electrons. The minimum absolute atomic E-state index is 0. The number of benzene rings is 6. The van der Waals surface area contributed by atoms with Crippen molar-refractivity contribution in [1.29, 1.82) is 0 Å². The lowest BCUT2D eigenvalue weighted by atomic mass is 9.49. The van der Waals surface area contributed by atoms with Gasteiger partial charge in [0.05, 0.1) is 39.2 Å². The van der Waals surface area contributed by atoms with Crippen LogP contribution in [0.5, 0.6) is 0 Å². The Hall–Kier alpha value is -6.61. The van der Waals surface area contributed by atoms with Crippen molar-refractivity contribution in [2.45, 2.75) is 124 Å². The first-order valence-corrected chi connectivity index (χ1v) is 28.2. The summed E-state index contributed by atoms with van der Waals surface area (Å²) in [5.74, 6) is 0. The standard InChI is InChI=1S/C30H27BN2O2.C24H15BrN2.C12H24B2O4.CH4/c1-29(2)30(3,4)35-31(34-29)26-14-13-21(19-33-26)28-24-11-7-5-9-22(24)27(20-15-17-32-18-16-20)23-10-6-8-12-25(23)28;25-22-10-9-17(15-27-22)24-20-7-3-1-5-18(20)23(16-11-13-26-14-12-16)19-6-2-4-8-21(19)24;1-9(2)10(3,4)16-13(15-9)14-17-11(5,6)12(7,8)18-14;/h5-19H,1-4H3;1-15H;1-8H3;1H4. The molecule has 3 fully saturated rings. The molecule has 6 aromatic carbocycles. The summed E-state index contributed by atoms with van der Waals surface area (Å²) in [5.41, 5.74) is 7.96. The maximum Gasteiger partial charge on any atom is 0.514 e. The van der Waals surface area contributed by atoms with Gasteiger partial charge in [-0.15, -0.1) is 0 Å². The maximum atomic E-state index is 6.21. The lowest BCUT2D eigenvalue weighted by Gasteiger charge is -2.32. The van der Waals surface area contributed by atoms with Gasteiger partial charge in [-0.05, 0) is 212 Å². The number of hydrogen-bond acceptors (Lipinski definition) is 10. The van der Waals surface area contributed by atoms with E-state index in [0.717, 1.165) is 26.9 Å². The summed E-state index contributed by atoms with van der Waals surface area (Å²) in [5, 5.41) is 9.75. The molecule has 13 rings (SSSR count). The average molecular weight is 1140 g/mol. The van der Waals surface area contributed by atoms with Crippen molar-refractivity contribution in [2.75, 3.05) is 0 Å². The van der Waals surface area contributed by atoms with E-state index < -0.39 is 32.3 Å². The van der Waals surface area contributed by atoms with Gasteiger partial charge in [0.15, 0.2) is 0 Å². The zero-order valence-electron chi connectivity index (χ0n) is 47.7. The molecule has 7 heterocycles. The van der Waals surface area contributed by atoms with Crippen molar-refractivity contribution < 1.29 is 27.9 Å². The number of nitrogens with zero attached hydrogens (tertiary/aromatic N) is 4. The second-order valence-electron chi connectivity index (χ2n) is 23.8. The summed E-state index contributed by atoms with van der Waals surface area (Å²) in [7, 11) is -1.43. The Morgan fingerprint density at radius 2 is 0.593 bits per heavy atom. The third-order valence-electron chi connectivity index (χ3n) is 17.2. The fourth-order valence-electron chi connectivity index (χ4n) is 10.7. The second kappa shape index (κ2) is 21.9. The molecular formula is C67H70B3BrN4O6. The van der Waals surface area contributed by atoms with E-state index in [1.807, 2.05) is 105 Å².